The van der Waals surface area contributed by atoms with Crippen LogP contribution < -0.4 is 10.6 Å². The average molecular weight is 1040 g/mol. The van der Waals surface area contributed by atoms with Gasteiger partial charge >= 0.3 is 0 Å². The lowest BCUT2D eigenvalue weighted by Crippen LogP contribution is -2.45. The second kappa shape index (κ2) is 63.6. The van der Waals surface area contributed by atoms with E-state index in [1.165, 1.54) is 289 Å². The molecule has 0 aliphatic heterocycles. The molecule has 438 valence electrons. The van der Waals surface area contributed by atoms with E-state index in [2.05, 4.69) is 36.4 Å². The van der Waals surface area contributed by atoms with Crippen LogP contribution in [0.5, 0.6) is 0 Å². The number of nitrogens with zero attached hydrogens (tertiary/aromatic N) is 1. The number of hydrogen-bond donors (Lipinski definition) is 5. The first kappa shape index (κ1) is 72.0. The molecule has 73 heavy (non-hydrogen) atoms. The summed E-state index contributed by atoms with van der Waals surface area (Å²) >= 11 is 0. The predicted molar refractivity (Wildman–Crippen MR) is 317 cm³/mol. The summed E-state index contributed by atoms with van der Waals surface area (Å²) in [5.74, 6) is 0.436. The third-order valence-electron chi connectivity index (χ3n) is 14.8. The van der Waals surface area contributed by atoms with Crippen molar-refractivity contribution >= 4 is 5.96 Å². The van der Waals surface area contributed by atoms with Gasteiger partial charge in [0.1, 0.15) is 0 Å². The van der Waals surface area contributed by atoms with Crippen molar-refractivity contribution in [2.24, 2.45) is 4.99 Å². The highest BCUT2D eigenvalue weighted by Gasteiger charge is 2.11. The van der Waals surface area contributed by atoms with Gasteiger partial charge < -0.3 is 40.2 Å². The Hall–Kier alpha value is -0.970. The van der Waals surface area contributed by atoms with E-state index >= 15 is 0 Å². The van der Waals surface area contributed by atoms with Crippen molar-refractivity contribution < 1.29 is 29.5 Å². The molecule has 0 saturated carbocycles. The number of ether oxygens (including phenoxy) is 3. The Morgan fingerprint density at radius 1 is 0.288 bits per heavy atom. The fourth-order valence-electron chi connectivity index (χ4n) is 9.89. The van der Waals surface area contributed by atoms with Gasteiger partial charge in [0, 0.05) is 32.9 Å². The summed E-state index contributed by atoms with van der Waals surface area (Å²) in [6.07, 6.45) is 62.4. The van der Waals surface area contributed by atoms with E-state index in [1.54, 1.807) is 0 Å². The quantitative estimate of drug-likeness (QED) is 0.0232. The number of aliphatic hydroxyl groups excluding tert-OH is 3. The third-order valence-corrected chi connectivity index (χ3v) is 14.8. The van der Waals surface area contributed by atoms with Gasteiger partial charge in [-0.1, -0.05) is 310 Å². The molecule has 0 aliphatic carbocycles. The SMILES string of the molecule is CCCCCCCCCCCCCCCCCCOCC(O)CN=C(NCC(O)COCCCCCCCCCCCCCCCCCC)NCC(O)COCCCCCCCCCCCCCCCCCC. The maximum absolute atomic E-state index is 10.7. The zero-order valence-corrected chi connectivity index (χ0v) is 49.6. The molecule has 0 aliphatic rings. The molecule has 0 aromatic carbocycles. The molecule has 0 aromatic heterocycles. The average Bonchev–Trinajstić information content (AvgIpc) is 3.39. The molecule has 9 nitrogen and oxygen atoms in total. The number of aliphatic hydroxyl groups is 3. The number of rotatable bonds is 63. The van der Waals surface area contributed by atoms with Crippen LogP contribution in [0.2, 0.25) is 0 Å². The first-order valence-electron chi connectivity index (χ1n) is 32.8. The zero-order chi connectivity index (χ0) is 52.9. The normalized spacial score (nSPS) is 12.9. The van der Waals surface area contributed by atoms with Crippen LogP contribution in [0.4, 0.5) is 0 Å². The fraction of sp³-hybridized carbons (Fsp3) is 0.984. The van der Waals surface area contributed by atoms with Crippen molar-refractivity contribution in [3.8, 4) is 0 Å². The number of hydrogen-bond acceptors (Lipinski definition) is 7. The molecular weight excluding hydrogens is 907 g/mol. The Balaban J connectivity index is 4.32. The van der Waals surface area contributed by atoms with Gasteiger partial charge in [-0.05, 0) is 19.3 Å². The van der Waals surface area contributed by atoms with Crippen LogP contribution in [0, 0.1) is 0 Å². The van der Waals surface area contributed by atoms with E-state index in [4.69, 9.17) is 14.2 Å². The van der Waals surface area contributed by atoms with Crippen LogP contribution >= 0.6 is 0 Å². The standard InChI is InChI=1S/C64H131N3O6/c1-4-7-10-13-16-19-22-25-28-31-34-37-40-43-46-49-52-71-58-61(68)55-65-64(66-56-62(69)59-72-53-50-47-44-41-38-35-32-29-26-23-20-17-14-11-8-5-2)67-57-63(70)60-73-54-51-48-45-42-39-36-33-30-27-24-21-18-15-12-9-6-3/h61-63,68-70H,4-60H2,1-3H3,(H2,65,66,67). The highest BCUT2D eigenvalue weighted by molar-refractivity contribution is 5.79. The summed E-state index contributed by atoms with van der Waals surface area (Å²) in [6.45, 7) is 10.2. The summed E-state index contributed by atoms with van der Waals surface area (Å²) in [5, 5.41) is 38.5. The second-order valence-corrected chi connectivity index (χ2v) is 22.5. The third kappa shape index (κ3) is 61.8. The van der Waals surface area contributed by atoms with Crippen molar-refractivity contribution in [3.63, 3.8) is 0 Å². The van der Waals surface area contributed by atoms with Gasteiger partial charge in [0.15, 0.2) is 5.96 Å². The van der Waals surface area contributed by atoms with Gasteiger partial charge in [-0.25, -0.2) is 0 Å². The Bertz CT molecular complexity index is 986. The van der Waals surface area contributed by atoms with Crippen molar-refractivity contribution in [1.29, 1.82) is 0 Å². The van der Waals surface area contributed by atoms with Crippen LogP contribution in [0.3, 0.4) is 0 Å². The van der Waals surface area contributed by atoms with Crippen LogP contribution in [0.15, 0.2) is 4.99 Å². The Morgan fingerprint density at radius 3 is 0.699 bits per heavy atom. The summed E-state index contributed by atoms with van der Waals surface area (Å²) in [5.41, 5.74) is 0. The van der Waals surface area contributed by atoms with Crippen LogP contribution in [0.25, 0.3) is 0 Å². The monoisotopic (exact) mass is 1040 g/mol. The van der Waals surface area contributed by atoms with Gasteiger partial charge in [-0.15, -0.1) is 0 Å². The molecule has 9 heteroatoms. The lowest BCUT2D eigenvalue weighted by molar-refractivity contribution is 0.0353. The summed E-state index contributed by atoms with van der Waals surface area (Å²) in [6, 6.07) is 0. The van der Waals surface area contributed by atoms with Crippen molar-refractivity contribution in [2.75, 3.05) is 59.3 Å². The second-order valence-electron chi connectivity index (χ2n) is 22.5. The van der Waals surface area contributed by atoms with Gasteiger partial charge in [0.05, 0.1) is 44.7 Å². The zero-order valence-electron chi connectivity index (χ0n) is 49.6. The molecule has 3 atom stereocenters. The van der Waals surface area contributed by atoms with Crippen molar-refractivity contribution in [3.05, 3.63) is 0 Å². The van der Waals surface area contributed by atoms with E-state index in [1.807, 2.05) is 0 Å². The summed E-state index contributed by atoms with van der Waals surface area (Å²) in [4.78, 5) is 4.60. The molecular formula is C64H131N3O6. The smallest absolute Gasteiger partial charge is 0.191 e. The van der Waals surface area contributed by atoms with Crippen molar-refractivity contribution in [1.82, 2.24) is 10.6 Å². The van der Waals surface area contributed by atoms with E-state index < -0.39 is 18.3 Å². The number of unbranched alkanes of at least 4 members (excludes halogenated alkanes) is 45. The highest BCUT2D eigenvalue weighted by Crippen LogP contribution is 2.17. The van der Waals surface area contributed by atoms with Gasteiger partial charge in [0.2, 0.25) is 0 Å². The number of nitrogens with one attached hydrogen (secondary N) is 2. The predicted octanol–water partition coefficient (Wildman–Crippen LogP) is 17.4. The molecule has 0 heterocycles. The lowest BCUT2D eigenvalue weighted by Gasteiger charge is -2.19. The minimum Gasteiger partial charge on any atom is -0.389 e. The summed E-state index contributed by atoms with van der Waals surface area (Å²) in [7, 11) is 0. The molecule has 0 bridgehead atoms. The first-order chi connectivity index (χ1) is 36.0. The van der Waals surface area contributed by atoms with Gasteiger partial charge in [0.25, 0.3) is 0 Å². The van der Waals surface area contributed by atoms with Crippen LogP contribution in [-0.2, 0) is 14.2 Å². The van der Waals surface area contributed by atoms with Crippen LogP contribution in [-0.4, -0.2) is 98.9 Å². The maximum Gasteiger partial charge on any atom is 0.191 e. The Labute approximate surface area is 455 Å². The molecule has 0 radical (unpaired) electrons. The van der Waals surface area contributed by atoms with E-state index in [0.717, 1.165) is 19.3 Å². The topological polar surface area (TPSA) is 125 Å². The lowest BCUT2D eigenvalue weighted by atomic mass is 10.0. The molecule has 3 unspecified atom stereocenters. The van der Waals surface area contributed by atoms with Crippen molar-refractivity contribution in [2.45, 2.75) is 347 Å². The summed E-state index contributed by atoms with van der Waals surface area (Å²) < 4.78 is 17.5. The van der Waals surface area contributed by atoms with E-state index in [-0.39, 0.29) is 39.5 Å². The number of guanidine groups is 1. The molecule has 0 aromatic rings. The van der Waals surface area contributed by atoms with E-state index in [9.17, 15) is 15.3 Å². The molecule has 0 saturated heterocycles. The minimum atomic E-state index is -0.736. The van der Waals surface area contributed by atoms with Gasteiger partial charge in [-0.2, -0.15) is 0 Å². The minimum absolute atomic E-state index is 0.159. The Kier molecular flexibility index (Phi) is 62.7. The molecule has 0 fully saturated rings. The fourth-order valence-corrected chi connectivity index (χ4v) is 9.89. The van der Waals surface area contributed by atoms with Gasteiger partial charge in [-0.3, -0.25) is 4.99 Å². The molecule has 0 rings (SSSR count). The maximum atomic E-state index is 10.7. The Morgan fingerprint density at radius 2 is 0.479 bits per heavy atom. The van der Waals surface area contributed by atoms with Crippen LogP contribution in [0.1, 0.15) is 329 Å². The molecule has 0 spiro atoms. The first-order valence-corrected chi connectivity index (χ1v) is 32.8. The molecule has 0 amide bonds. The largest absolute Gasteiger partial charge is 0.389 e. The highest BCUT2D eigenvalue weighted by atomic mass is 16.5. The molecule has 5 N–H and O–H groups in total. The number of aliphatic imine (C=N–C) groups is 1. The van der Waals surface area contributed by atoms with E-state index in [0.29, 0.717) is 25.8 Å².